The summed E-state index contributed by atoms with van der Waals surface area (Å²) in [5.41, 5.74) is 3.39. The number of para-hydroxylation sites is 2. The van der Waals surface area contributed by atoms with Crippen molar-refractivity contribution in [3.8, 4) is 0 Å². The number of nitrogens with one attached hydrogen (secondary N) is 2. The molecule has 1 aromatic heterocycles. The van der Waals surface area contributed by atoms with Gasteiger partial charge in [-0.3, -0.25) is 9.59 Å². The minimum atomic E-state index is -0.123. The van der Waals surface area contributed by atoms with Gasteiger partial charge in [-0.2, -0.15) is 0 Å². The SMILES string of the molecule is CC(=O)Nc1ccc(C(=O)N2CCC(c3nc4ccccc4[nH]3)CC2)cc1. The van der Waals surface area contributed by atoms with Gasteiger partial charge in [-0.05, 0) is 49.2 Å². The number of hydrogen-bond donors (Lipinski definition) is 2. The maximum atomic E-state index is 12.7. The van der Waals surface area contributed by atoms with Crippen LogP contribution in [-0.4, -0.2) is 39.8 Å². The highest BCUT2D eigenvalue weighted by Crippen LogP contribution is 2.28. The molecule has 6 nitrogen and oxygen atoms in total. The topological polar surface area (TPSA) is 78.1 Å². The number of aromatic amines is 1. The van der Waals surface area contributed by atoms with Crippen LogP contribution >= 0.6 is 0 Å². The molecular formula is C21H22N4O2. The molecule has 0 saturated carbocycles. The van der Waals surface area contributed by atoms with Crippen molar-refractivity contribution in [2.75, 3.05) is 18.4 Å². The summed E-state index contributed by atoms with van der Waals surface area (Å²) in [5, 5.41) is 2.71. The number of hydrogen-bond acceptors (Lipinski definition) is 3. The van der Waals surface area contributed by atoms with Gasteiger partial charge in [0.15, 0.2) is 0 Å². The van der Waals surface area contributed by atoms with Crippen molar-refractivity contribution in [2.24, 2.45) is 0 Å². The first-order valence-electron chi connectivity index (χ1n) is 9.22. The molecule has 4 rings (SSSR count). The minimum Gasteiger partial charge on any atom is -0.342 e. The second kappa shape index (κ2) is 7.23. The van der Waals surface area contributed by atoms with E-state index in [0.717, 1.165) is 29.7 Å². The van der Waals surface area contributed by atoms with Crippen molar-refractivity contribution in [2.45, 2.75) is 25.7 Å². The van der Waals surface area contributed by atoms with E-state index in [-0.39, 0.29) is 11.8 Å². The Morgan fingerprint density at radius 3 is 2.44 bits per heavy atom. The molecule has 0 unspecified atom stereocenters. The molecule has 0 atom stereocenters. The summed E-state index contributed by atoms with van der Waals surface area (Å²) in [6, 6.07) is 15.1. The molecular weight excluding hydrogens is 340 g/mol. The molecule has 2 heterocycles. The highest BCUT2D eigenvalue weighted by molar-refractivity contribution is 5.95. The van der Waals surface area contributed by atoms with Gasteiger partial charge in [-0.1, -0.05) is 12.1 Å². The molecule has 2 amide bonds. The Morgan fingerprint density at radius 1 is 1.07 bits per heavy atom. The molecule has 2 aromatic carbocycles. The van der Waals surface area contributed by atoms with Gasteiger partial charge < -0.3 is 15.2 Å². The van der Waals surface area contributed by atoms with E-state index in [1.807, 2.05) is 29.2 Å². The van der Waals surface area contributed by atoms with E-state index in [2.05, 4.69) is 10.3 Å². The van der Waals surface area contributed by atoms with E-state index in [1.54, 1.807) is 24.3 Å². The number of likely N-dealkylation sites (tertiary alicyclic amines) is 1. The second-order valence-electron chi connectivity index (χ2n) is 6.96. The third kappa shape index (κ3) is 3.69. The van der Waals surface area contributed by atoms with Crippen LogP contribution in [0, 0.1) is 0 Å². The third-order valence-corrected chi connectivity index (χ3v) is 5.03. The van der Waals surface area contributed by atoms with Crippen molar-refractivity contribution in [3.63, 3.8) is 0 Å². The predicted molar refractivity (Wildman–Crippen MR) is 105 cm³/mol. The van der Waals surface area contributed by atoms with Crippen LogP contribution in [-0.2, 0) is 4.79 Å². The zero-order chi connectivity index (χ0) is 18.8. The Labute approximate surface area is 157 Å². The Hall–Kier alpha value is -3.15. The predicted octanol–water partition coefficient (Wildman–Crippen LogP) is 3.54. The lowest BCUT2D eigenvalue weighted by Gasteiger charge is -2.31. The fourth-order valence-corrected chi connectivity index (χ4v) is 3.60. The van der Waals surface area contributed by atoms with Crippen LogP contribution in [0.25, 0.3) is 11.0 Å². The van der Waals surface area contributed by atoms with E-state index in [9.17, 15) is 9.59 Å². The van der Waals surface area contributed by atoms with Crippen molar-refractivity contribution < 1.29 is 9.59 Å². The summed E-state index contributed by atoms with van der Waals surface area (Å²) in [6.07, 6.45) is 1.80. The molecule has 1 fully saturated rings. The third-order valence-electron chi connectivity index (χ3n) is 5.03. The number of piperidine rings is 1. The Balaban J connectivity index is 1.39. The summed E-state index contributed by atoms with van der Waals surface area (Å²) in [4.78, 5) is 33.8. The number of fused-ring (bicyclic) bond motifs is 1. The lowest BCUT2D eigenvalue weighted by molar-refractivity contribution is -0.114. The zero-order valence-corrected chi connectivity index (χ0v) is 15.2. The normalized spacial score (nSPS) is 15.1. The maximum Gasteiger partial charge on any atom is 0.253 e. The molecule has 1 aliphatic heterocycles. The van der Waals surface area contributed by atoms with Crippen LogP contribution in [0.5, 0.6) is 0 Å². The lowest BCUT2D eigenvalue weighted by Crippen LogP contribution is -2.38. The number of carbonyl (C=O) groups is 2. The second-order valence-corrected chi connectivity index (χ2v) is 6.96. The standard InChI is InChI=1S/C21H22N4O2/c1-14(26)22-17-8-6-16(7-9-17)21(27)25-12-10-15(11-13-25)20-23-18-4-2-3-5-19(18)24-20/h2-9,15H,10-13H2,1H3,(H,22,26)(H,23,24). The number of benzene rings is 2. The lowest BCUT2D eigenvalue weighted by atomic mass is 9.95. The molecule has 3 aromatic rings. The average Bonchev–Trinajstić information content (AvgIpc) is 3.12. The monoisotopic (exact) mass is 362 g/mol. The van der Waals surface area contributed by atoms with E-state index in [1.165, 1.54) is 6.92 Å². The summed E-state index contributed by atoms with van der Waals surface area (Å²) in [7, 11) is 0. The molecule has 0 aliphatic carbocycles. The van der Waals surface area contributed by atoms with Crippen LogP contribution in [0.4, 0.5) is 5.69 Å². The molecule has 1 aliphatic rings. The first-order valence-corrected chi connectivity index (χ1v) is 9.22. The van der Waals surface area contributed by atoms with Gasteiger partial charge in [0.2, 0.25) is 5.91 Å². The Kier molecular flexibility index (Phi) is 4.62. The van der Waals surface area contributed by atoms with Crippen LogP contribution in [0.1, 0.15) is 41.9 Å². The quantitative estimate of drug-likeness (QED) is 0.748. The van der Waals surface area contributed by atoms with Gasteiger partial charge in [0, 0.05) is 37.2 Å². The van der Waals surface area contributed by atoms with Crippen molar-refractivity contribution >= 4 is 28.5 Å². The summed E-state index contributed by atoms with van der Waals surface area (Å²) in [6.45, 7) is 2.90. The summed E-state index contributed by atoms with van der Waals surface area (Å²) < 4.78 is 0. The summed E-state index contributed by atoms with van der Waals surface area (Å²) in [5.74, 6) is 1.28. The Morgan fingerprint density at radius 2 is 1.78 bits per heavy atom. The number of carbonyl (C=O) groups excluding carboxylic acids is 2. The van der Waals surface area contributed by atoms with Gasteiger partial charge in [0.1, 0.15) is 5.82 Å². The van der Waals surface area contributed by atoms with Crippen molar-refractivity contribution in [1.29, 1.82) is 0 Å². The smallest absolute Gasteiger partial charge is 0.253 e. The minimum absolute atomic E-state index is 0.0347. The molecule has 2 N–H and O–H groups in total. The van der Waals surface area contributed by atoms with E-state index < -0.39 is 0 Å². The molecule has 138 valence electrons. The fraction of sp³-hybridized carbons (Fsp3) is 0.286. The number of imidazole rings is 1. The van der Waals surface area contributed by atoms with Crippen LogP contribution in [0.15, 0.2) is 48.5 Å². The molecule has 0 radical (unpaired) electrons. The Bertz CT molecular complexity index is 936. The van der Waals surface area contributed by atoms with Gasteiger partial charge in [0.25, 0.3) is 5.91 Å². The number of aromatic nitrogens is 2. The van der Waals surface area contributed by atoms with Crippen LogP contribution in [0.2, 0.25) is 0 Å². The number of amides is 2. The average molecular weight is 362 g/mol. The van der Waals surface area contributed by atoms with Gasteiger partial charge >= 0.3 is 0 Å². The zero-order valence-electron chi connectivity index (χ0n) is 15.2. The maximum absolute atomic E-state index is 12.7. The first-order chi connectivity index (χ1) is 13.1. The highest BCUT2D eigenvalue weighted by Gasteiger charge is 2.26. The number of nitrogens with zero attached hydrogens (tertiary/aromatic N) is 2. The van der Waals surface area contributed by atoms with Gasteiger partial charge in [0.05, 0.1) is 11.0 Å². The number of rotatable bonds is 3. The summed E-state index contributed by atoms with van der Waals surface area (Å²) >= 11 is 0. The fourth-order valence-electron chi connectivity index (χ4n) is 3.60. The molecule has 1 saturated heterocycles. The highest BCUT2D eigenvalue weighted by atomic mass is 16.2. The first kappa shape index (κ1) is 17.3. The van der Waals surface area contributed by atoms with Crippen LogP contribution < -0.4 is 5.32 Å². The van der Waals surface area contributed by atoms with E-state index in [4.69, 9.17) is 4.98 Å². The molecule has 6 heteroatoms. The largest absolute Gasteiger partial charge is 0.342 e. The number of anilines is 1. The number of H-pyrrole nitrogens is 1. The van der Waals surface area contributed by atoms with Crippen LogP contribution in [0.3, 0.4) is 0 Å². The van der Waals surface area contributed by atoms with E-state index >= 15 is 0 Å². The molecule has 0 bridgehead atoms. The van der Waals surface area contributed by atoms with Crippen molar-refractivity contribution in [3.05, 3.63) is 59.9 Å². The van der Waals surface area contributed by atoms with Gasteiger partial charge in [-0.25, -0.2) is 4.98 Å². The van der Waals surface area contributed by atoms with E-state index in [0.29, 0.717) is 30.3 Å². The van der Waals surface area contributed by atoms with Gasteiger partial charge in [-0.15, -0.1) is 0 Å². The van der Waals surface area contributed by atoms with Crippen molar-refractivity contribution in [1.82, 2.24) is 14.9 Å². The molecule has 27 heavy (non-hydrogen) atoms. The molecule has 0 spiro atoms.